The zero-order chi connectivity index (χ0) is 9.68. The third kappa shape index (κ3) is 2.96. The maximum absolute atomic E-state index is 3.44. The molecule has 78 valence electrons. The fourth-order valence-corrected chi connectivity index (χ4v) is 2.44. The minimum atomic E-state index is 0.764. The van der Waals surface area contributed by atoms with Crippen molar-refractivity contribution in [1.82, 2.24) is 10.2 Å². The van der Waals surface area contributed by atoms with Gasteiger partial charge in [0.15, 0.2) is 0 Å². The van der Waals surface area contributed by atoms with Gasteiger partial charge < -0.3 is 5.32 Å². The van der Waals surface area contributed by atoms with Crippen LogP contribution < -0.4 is 5.32 Å². The van der Waals surface area contributed by atoms with Crippen LogP contribution in [0.3, 0.4) is 0 Å². The second-order valence-corrected chi connectivity index (χ2v) is 4.11. The Morgan fingerprint density at radius 3 is 2.69 bits per heavy atom. The van der Waals surface area contributed by atoms with Crippen molar-refractivity contribution in [2.75, 3.05) is 19.6 Å². The Bertz CT molecular complexity index is 130. The zero-order valence-electron chi connectivity index (χ0n) is 9.34. The van der Waals surface area contributed by atoms with Gasteiger partial charge in [0.25, 0.3) is 0 Å². The smallest absolute Gasteiger partial charge is 0.0235 e. The summed E-state index contributed by atoms with van der Waals surface area (Å²) in [5, 5.41) is 3.44. The van der Waals surface area contributed by atoms with Crippen molar-refractivity contribution in [3.05, 3.63) is 0 Å². The van der Waals surface area contributed by atoms with Gasteiger partial charge in [0, 0.05) is 18.6 Å². The second kappa shape index (κ2) is 5.61. The van der Waals surface area contributed by atoms with Crippen molar-refractivity contribution >= 4 is 0 Å². The Labute approximate surface area is 82.7 Å². The molecule has 1 rings (SSSR count). The molecule has 2 heteroatoms. The van der Waals surface area contributed by atoms with E-state index >= 15 is 0 Å². The van der Waals surface area contributed by atoms with Crippen LogP contribution in [0.5, 0.6) is 0 Å². The van der Waals surface area contributed by atoms with Crippen LogP contribution in [-0.2, 0) is 0 Å². The van der Waals surface area contributed by atoms with E-state index in [1.165, 1.54) is 38.9 Å². The standard InChI is InChI=1S/C11H24N2/c1-4-6-10(3)13(5-2)11-7-8-12-9-11/h10-12H,4-9H2,1-3H3. The number of nitrogens with zero attached hydrogens (tertiary/aromatic N) is 1. The molecule has 0 radical (unpaired) electrons. The van der Waals surface area contributed by atoms with Gasteiger partial charge in [0.1, 0.15) is 0 Å². The molecule has 1 aliphatic heterocycles. The number of hydrogen-bond acceptors (Lipinski definition) is 2. The van der Waals surface area contributed by atoms with Crippen molar-refractivity contribution in [2.45, 2.75) is 52.1 Å². The Morgan fingerprint density at radius 1 is 1.46 bits per heavy atom. The molecule has 2 unspecified atom stereocenters. The molecule has 0 saturated carbocycles. The van der Waals surface area contributed by atoms with E-state index in [1.807, 2.05) is 0 Å². The van der Waals surface area contributed by atoms with Crippen molar-refractivity contribution in [2.24, 2.45) is 0 Å². The summed E-state index contributed by atoms with van der Waals surface area (Å²) in [7, 11) is 0. The summed E-state index contributed by atoms with van der Waals surface area (Å²) in [4.78, 5) is 2.66. The molecule has 0 bridgehead atoms. The van der Waals surface area contributed by atoms with Crippen molar-refractivity contribution in [3.63, 3.8) is 0 Å². The third-order valence-corrected chi connectivity index (χ3v) is 3.14. The summed E-state index contributed by atoms with van der Waals surface area (Å²) in [6.07, 6.45) is 3.98. The quantitative estimate of drug-likeness (QED) is 0.701. The highest BCUT2D eigenvalue weighted by Crippen LogP contribution is 2.14. The fourth-order valence-electron chi connectivity index (χ4n) is 2.44. The van der Waals surface area contributed by atoms with Crippen molar-refractivity contribution in [1.29, 1.82) is 0 Å². The molecule has 0 aliphatic carbocycles. The third-order valence-electron chi connectivity index (χ3n) is 3.14. The molecule has 2 nitrogen and oxygen atoms in total. The molecule has 1 fully saturated rings. The average Bonchev–Trinajstić information content (AvgIpc) is 2.59. The Balaban J connectivity index is 2.39. The lowest BCUT2D eigenvalue weighted by Crippen LogP contribution is -2.42. The predicted octanol–water partition coefficient (Wildman–Crippen LogP) is 1.86. The van der Waals surface area contributed by atoms with Crippen LogP contribution >= 0.6 is 0 Å². The maximum Gasteiger partial charge on any atom is 0.0235 e. The van der Waals surface area contributed by atoms with Crippen LogP contribution in [0.4, 0.5) is 0 Å². The Morgan fingerprint density at radius 2 is 2.23 bits per heavy atom. The van der Waals surface area contributed by atoms with E-state index in [-0.39, 0.29) is 0 Å². The largest absolute Gasteiger partial charge is 0.315 e. The molecule has 1 heterocycles. The van der Waals surface area contributed by atoms with Crippen molar-refractivity contribution in [3.8, 4) is 0 Å². The van der Waals surface area contributed by atoms with Crippen LogP contribution in [0, 0.1) is 0 Å². The van der Waals surface area contributed by atoms with Crippen molar-refractivity contribution < 1.29 is 0 Å². The first-order valence-electron chi connectivity index (χ1n) is 5.76. The first-order chi connectivity index (χ1) is 6.29. The molecule has 0 amide bonds. The van der Waals surface area contributed by atoms with Crippen LogP contribution in [-0.4, -0.2) is 36.6 Å². The van der Waals surface area contributed by atoms with E-state index in [0.29, 0.717) is 0 Å². The molecule has 1 saturated heterocycles. The van der Waals surface area contributed by atoms with Crippen LogP contribution in [0.25, 0.3) is 0 Å². The van der Waals surface area contributed by atoms with E-state index in [4.69, 9.17) is 0 Å². The van der Waals surface area contributed by atoms with E-state index < -0.39 is 0 Å². The molecule has 1 N–H and O–H groups in total. The summed E-state index contributed by atoms with van der Waals surface area (Å²) in [5.74, 6) is 0. The fraction of sp³-hybridized carbons (Fsp3) is 1.00. The zero-order valence-corrected chi connectivity index (χ0v) is 9.34. The number of hydrogen-bond donors (Lipinski definition) is 1. The highest BCUT2D eigenvalue weighted by atomic mass is 15.2. The molecule has 0 aromatic heterocycles. The maximum atomic E-state index is 3.44. The summed E-state index contributed by atoms with van der Waals surface area (Å²) < 4.78 is 0. The summed E-state index contributed by atoms with van der Waals surface area (Å²) in [6.45, 7) is 10.5. The predicted molar refractivity (Wildman–Crippen MR) is 58.0 cm³/mol. The number of likely N-dealkylation sites (N-methyl/N-ethyl adjacent to an activating group) is 1. The molecule has 0 spiro atoms. The van der Waals surface area contributed by atoms with Crippen LogP contribution in [0.15, 0.2) is 0 Å². The first-order valence-corrected chi connectivity index (χ1v) is 5.76. The number of nitrogens with one attached hydrogen (secondary N) is 1. The van der Waals surface area contributed by atoms with Gasteiger partial charge in [0.05, 0.1) is 0 Å². The molecule has 0 aromatic rings. The van der Waals surface area contributed by atoms with Crippen LogP contribution in [0.2, 0.25) is 0 Å². The topological polar surface area (TPSA) is 15.3 Å². The van der Waals surface area contributed by atoms with Gasteiger partial charge >= 0.3 is 0 Å². The lowest BCUT2D eigenvalue weighted by atomic mass is 10.1. The summed E-state index contributed by atoms with van der Waals surface area (Å²) >= 11 is 0. The van der Waals surface area contributed by atoms with E-state index in [0.717, 1.165) is 12.1 Å². The first kappa shape index (κ1) is 11.0. The van der Waals surface area contributed by atoms with Gasteiger partial charge in [0.2, 0.25) is 0 Å². The SMILES string of the molecule is CCCC(C)N(CC)C1CCNC1. The van der Waals surface area contributed by atoms with E-state index in [9.17, 15) is 0 Å². The lowest BCUT2D eigenvalue weighted by molar-refractivity contribution is 0.154. The second-order valence-electron chi connectivity index (χ2n) is 4.11. The van der Waals surface area contributed by atoms with Gasteiger partial charge in [-0.05, 0) is 32.9 Å². The normalized spacial score (nSPS) is 25.4. The molecule has 1 aliphatic rings. The van der Waals surface area contributed by atoms with E-state index in [2.05, 4.69) is 31.0 Å². The number of rotatable bonds is 5. The van der Waals surface area contributed by atoms with Gasteiger partial charge in [-0.15, -0.1) is 0 Å². The highest BCUT2D eigenvalue weighted by Gasteiger charge is 2.24. The van der Waals surface area contributed by atoms with Gasteiger partial charge in [-0.3, -0.25) is 4.90 Å². The molecule has 13 heavy (non-hydrogen) atoms. The highest BCUT2D eigenvalue weighted by molar-refractivity contribution is 4.82. The monoisotopic (exact) mass is 184 g/mol. The van der Waals surface area contributed by atoms with Crippen LogP contribution in [0.1, 0.15) is 40.0 Å². The Hall–Kier alpha value is -0.0800. The Kier molecular flexibility index (Phi) is 4.74. The minimum Gasteiger partial charge on any atom is -0.315 e. The van der Waals surface area contributed by atoms with E-state index in [1.54, 1.807) is 0 Å². The average molecular weight is 184 g/mol. The summed E-state index contributed by atoms with van der Waals surface area (Å²) in [5.41, 5.74) is 0. The molecular weight excluding hydrogens is 160 g/mol. The lowest BCUT2D eigenvalue weighted by Gasteiger charge is -2.32. The molecule has 0 aromatic carbocycles. The van der Waals surface area contributed by atoms with Gasteiger partial charge in [-0.2, -0.15) is 0 Å². The summed E-state index contributed by atoms with van der Waals surface area (Å²) in [6, 6.07) is 1.56. The molecule has 2 atom stereocenters. The van der Waals surface area contributed by atoms with Gasteiger partial charge in [-0.25, -0.2) is 0 Å². The minimum absolute atomic E-state index is 0.764. The van der Waals surface area contributed by atoms with Gasteiger partial charge in [-0.1, -0.05) is 20.3 Å². The molecular formula is C11H24N2.